The zero-order valence-corrected chi connectivity index (χ0v) is 11.8. The van der Waals surface area contributed by atoms with E-state index in [1.165, 1.54) is 0 Å². The van der Waals surface area contributed by atoms with Crippen molar-refractivity contribution in [2.24, 2.45) is 0 Å². The molecule has 0 aromatic carbocycles. The summed E-state index contributed by atoms with van der Waals surface area (Å²) in [6.45, 7) is 6.50. The predicted molar refractivity (Wildman–Crippen MR) is 69.1 cm³/mol. The highest BCUT2D eigenvalue weighted by Crippen LogP contribution is 2.17. The van der Waals surface area contributed by atoms with Crippen LogP contribution in [0.1, 0.15) is 40.0 Å². The Morgan fingerprint density at radius 2 is 2.00 bits per heavy atom. The van der Waals surface area contributed by atoms with Crippen molar-refractivity contribution < 1.29 is 14.3 Å². The fourth-order valence-corrected chi connectivity index (χ4v) is 2.18. The zero-order valence-electron chi connectivity index (χ0n) is 11.8. The highest BCUT2D eigenvalue weighted by atomic mass is 16.6. The summed E-state index contributed by atoms with van der Waals surface area (Å²) in [6.07, 6.45) is 2.86. The minimum absolute atomic E-state index is 0.0155. The zero-order chi connectivity index (χ0) is 13.8. The van der Waals surface area contributed by atoms with Crippen molar-refractivity contribution in [1.82, 2.24) is 10.2 Å². The van der Waals surface area contributed by atoms with E-state index in [0.717, 1.165) is 25.8 Å². The third kappa shape index (κ3) is 4.64. The van der Waals surface area contributed by atoms with Gasteiger partial charge in [0.1, 0.15) is 5.60 Å². The molecule has 1 rings (SSSR count). The molecule has 1 aliphatic rings. The van der Waals surface area contributed by atoms with E-state index in [-0.39, 0.29) is 24.5 Å². The smallest absolute Gasteiger partial charge is 0.320 e. The summed E-state index contributed by atoms with van der Waals surface area (Å²) in [7, 11) is 1.63. The Balaban J connectivity index is 2.57. The van der Waals surface area contributed by atoms with E-state index in [9.17, 15) is 9.59 Å². The Morgan fingerprint density at radius 3 is 2.56 bits per heavy atom. The normalized spacial score (nSPS) is 21.4. The molecule has 5 nitrogen and oxygen atoms in total. The third-order valence-electron chi connectivity index (χ3n) is 2.91. The number of piperidine rings is 1. The number of nitrogens with zero attached hydrogens (tertiary/aromatic N) is 1. The maximum Gasteiger partial charge on any atom is 0.320 e. The topological polar surface area (TPSA) is 58.6 Å². The first-order valence-corrected chi connectivity index (χ1v) is 6.51. The number of rotatable bonds is 3. The largest absolute Gasteiger partial charge is 0.459 e. The number of nitrogens with one attached hydrogen (secondary N) is 1. The Hall–Kier alpha value is -1.10. The van der Waals surface area contributed by atoms with Gasteiger partial charge in [-0.25, -0.2) is 0 Å². The van der Waals surface area contributed by atoms with Gasteiger partial charge in [0.05, 0.1) is 12.6 Å². The predicted octanol–water partition coefficient (Wildman–Crippen LogP) is 0.929. The fraction of sp³-hybridized carbons (Fsp3) is 0.846. The minimum atomic E-state index is -0.477. The molecule has 1 saturated heterocycles. The van der Waals surface area contributed by atoms with Gasteiger partial charge in [-0.15, -0.1) is 0 Å². The number of amides is 1. The molecular formula is C13H24N2O3. The molecule has 18 heavy (non-hydrogen) atoms. The number of hydrogen-bond acceptors (Lipinski definition) is 4. The van der Waals surface area contributed by atoms with Crippen LogP contribution in [0.2, 0.25) is 0 Å². The molecule has 5 heteroatoms. The van der Waals surface area contributed by atoms with E-state index >= 15 is 0 Å². The van der Waals surface area contributed by atoms with Gasteiger partial charge in [-0.3, -0.25) is 14.5 Å². The fourth-order valence-electron chi connectivity index (χ4n) is 2.18. The van der Waals surface area contributed by atoms with Gasteiger partial charge in [-0.05, 0) is 40.2 Å². The van der Waals surface area contributed by atoms with Crippen LogP contribution in [0, 0.1) is 0 Å². The van der Waals surface area contributed by atoms with Crippen molar-refractivity contribution in [2.45, 2.75) is 51.7 Å². The molecule has 1 atom stereocenters. The van der Waals surface area contributed by atoms with Crippen molar-refractivity contribution in [2.75, 3.05) is 20.1 Å². The molecular weight excluding hydrogens is 232 g/mol. The lowest BCUT2D eigenvalue weighted by Crippen LogP contribution is -2.51. The molecule has 1 N–H and O–H groups in total. The van der Waals surface area contributed by atoms with Gasteiger partial charge in [0.2, 0.25) is 5.91 Å². The van der Waals surface area contributed by atoms with E-state index in [0.29, 0.717) is 0 Å². The minimum Gasteiger partial charge on any atom is -0.459 e. The van der Waals surface area contributed by atoms with Gasteiger partial charge < -0.3 is 10.1 Å². The summed E-state index contributed by atoms with van der Waals surface area (Å²) in [5, 5.41) is 2.65. The first-order valence-electron chi connectivity index (χ1n) is 6.51. The molecule has 1 heterocycles. The number of carbonyl (C=O) groups excluding carboxylic acids is 2. The highest BCUT2D eigenvalue weighted by Gasteiger charge is 2.30. The number of esters is 1. The van der Waals surface area contributed by atoms with Crippen LogP contribution in [-0.4, -0.2) is 48.6 Å². The van der Waals surface area contributed by atoms with Crippen LogP contribution in [0.4, 0.5) is 0 Å². The number of likely N-dealkylation sites (tertiary alicyclic amines) is 1. The Bertz CT molecular complexity index is 310. The second kappa shape index (κ2) is 6.18. The maximum atomic E-state index is 11.8. The monoisotopic (exact) mass is 256 g/mol. The second-order valence-corrected chi connectivity index (χ2v) is 5.68. The summed E-state index contributed by atoms with van der Waals surface area (Å²) >= 11 is 0. The summed E-state index contributed by atoms with van der Waals surface area (Å²) in [5.41, 5.74) is -0.477. The molecule has 1 aliphatic heterocycles. The molecule has 104 valence electrons. The summed E-state index contributed by atoms with van der Waals surface area (Å²) in [6, 6.07) is -0.198. The van der Waals surface area contributed by atoms with Crippen LogP contribution >= 0.6 is 0 Å². The highest BCUT2D eigenvalue weighted by molar-refractivity contribution is 5.82. The molecule has 1 fully saturated rings. The van der Waals surface area contributed by atoms with Crippen molar-refractivity contribution in [3.05, 3.63) is 0 Å². The van der Waals surface area contributed by atoms with Gasteiger partial charge in [-0.1, -0.05) is 6.42 Å². The van der Waals surface area contributed by atoms with Crippen molar-refractivity contribution in [3.8, 4) is 0 Å². The Labute approximate surface area is 109 Å². The second-order valence-electron chi connectivity index (χ2n) is 5.68. The van der Waals surface area contributed by atoms with E-state index in [4.69, 9.17) is 4.74 Å². The number of hydrogen-bond donors (Lipinski definition) is 1. The molecule has 0 aliphatic carbocycles. The van der Waals surface area contributed by atoms with Crippen LogP contribution in [0.3, 0.4) is 0 Å². The summed E-state index contributed by atoms with van der Waals surface area (Å²) in [4.78, 5) is 25.4. The van der Waals surface area contributed by atoms with E-state index in [1.807, 2.05) is 25.7 Å². The molecule has 0 saturated carbocycles. The van der Waals surface area contributed by atoms with Crippen molar-refractivity contribution in [3.63, 3.8) is 0 Å². The lowest BCUT2D eigenvalue weighted by atomic mass is 10.0. The Kier molecular flexibility index (Phi) is 5.14. The van der Waals surface area contributed by atoms with E-state index in [1.54, 1.807) is 7.05 Å². The number of likely N-dealkylation sites (N-methyl/N-ethyl adjacent to an activating group) is 1. The summed E-state index contributed by atoms with van der Waals surface area (Å²) < 4.78 is 5.29. The van der Waals surface area contributed by atoms with Crippen LogP contribution in [0.25, 0.3) is 0 Å². The van der Waals surface area contributed by atoms with Gasteiger partial charge in [0.25, 0.3) is 0 Å². The van der Waals surface area contributed by atoms with Crippen LogP contribution < -0.4 is 5.32 Å². The van der Waals surface area contributed by atoms with Crippen LogP contribution in [0.5, 0.6) is 0 Å². The quantitative estimate of drug-likeness (QED) is 0.763. The van der Waals surface area contributed by atoms with E-state index in [2.05, 4.69) is 5.32 Å². The number of ether oxygens (including phenoxy) is 1. The molecule has 1 amide bonds. The van der Waals surface area contributed by atoms with Crippen LogP contribution in [0.15, 0.2) is 0 Å². The first-order chi connectivity index (χ1) is 8.33. The molecule has 0 bridgehead atoms. The van der Waals surface area contributed by atoms with Crippen LogP contribution in [-0.2, 0) is 14.3 Å². The molecule has 0 spiro atoms. The lowest BCUT2D eigenvalue weighted by molar-refractivity contribution is -0.157. The van der Waals surface area contributed by atoms with Gasteiger partial charge >= 0.3 is 5.97 Å². The maximum absolute atomic E-state index is 11.8. The average molecular weight is 256 g/mol. The molecule has 0 aromatic heterocycles. The lowest BCUT2D eigenvalue weighted by Gasteiger charge is -2.34. The standard InChI is InChI=1S/C13H24N2O3/c1-13(2,3)18-11(16)9-15-8-6-5-7-10(15)12(17)14-4/h10H,5-9H2,1-4H3,(H,14,17). The first kappa shape index (κ1) is 15.0. The number of carbonyl (C=O) groups is 2. The van der Waals surface area contributed by atoms with Crippen molar-refractivity contribution >= 4 is 11.9 Å². The van der Waals surface area contributed by atoms with Crippen molar-refractivity contribution in [1.29, 1.82) is 0 Å². The summed E-state index contributed by atoms with van der Waals surface area (Å²) in [5.74, 6) is -0.281. The molecule has 0 radical (unpaired) electrons. The Morgan fingerprint density at radius 1 is 1.33 bits per heavy atom. The van der Waals surface area contributed by atoms with E-state index < -0.39 is 5.60 Å². The SMILES string of the molecule is CNC(=O)C1CCCCN1CC(=O)OC(C)(C)C. The van der Waals surface area contributed by atoms with Gasteiger partial charge in [0.15, 0.2) is 0 Å². The third-order valence-corrected chi connectivity index (χ3v) is 2.91. The van der Waals surface area contributed by atoms with Gasteiger partial charge in [-0.2, -0.15) is 0 Å². The molecule has 1 unspecified atom stereocenters. The average Bonchev–Trinajstić information content (AvgIpc) is 2.26. The van der Waals surface area contributed by atoms with Gasteiger partial charge in [0, 0.05) is 7.05 Å². The molecule has 0 aromatic rings.